The molecule has 2 unspecified atom stereocenters. The summed E-state index contributed by atoms with van der Waals surface area (Å²) < 4.78 is 0. The van der Waals surface area contributed by atoms with Gasteiger partial charge in [-0.25, -0.2) is 5.43 Å². The van der Waals surface area contributed by atoms with E-state index in [0.29, 0.717) is 12.6 Å². The molecular weight excluding hydrogens is 292 g/mol. The normalized spacial score (nSPS) is 28.5. The van der Waals surface area contributed by atoms with Gasteiger partial charge in [0.1, 0.15) is 6.04 Å². The Morgan fingerprint density at radius 1 is 1.39 bits per heavy atom. The molecule has 0 saturated carbocycles. The van der Waals surface area contributed by atoms with Crippen LogP contribution in [0.2, 0.25) is 0 Å². The summed E-state index contributed by atoms with van der Waals surface area (Å²) >= 11 is 0. The van der Waals surface area contributed by atoms with E-state index in [0.717, 1.165) is 32.6 Å². The number of carbonyl (C=O) groups is 1. The van der Waals surface area contributed by atoms with Crippen molar-refractivity contribution in [3.63, 3.8) is 0 Å². The van der Waals surface area contributed by atoms with Crippen LogP contribution in [-0.2, 0) is 11.3 Å². The molecule has 3 N–H and O–H groups in total. The molecule has 3 atom stereocenters. The van der Waals surface area contributed by atoms with Gasteiger partial charge in [-0.05, 0) is 19.0 Å². The van der Waals surface area contributed by atoms with E-state index in [1.165, 1.54) is 5.56 Å². The second kappa shape index (κ2) is 7.40. The van der Waals surface area contributed by atoms with Crippen molar-refractivity contribution in [1.82, 2.24) is 20.7 Å². The Hall–Kier alpha value is -1.47. The first kappa shape index (κ1) is 16.4. The maximum atomic E-state index is 11.2. The summed E-state index contributed by atoms with van der Waals surface area (Å²) in [5.41, 5.74) is 7.18. The second-order valence-corrected chi connectivity index (χ2v) is 6.70. The number of hydrogen-bond donors (Lipinski definition) is 3. The molecule has 126 valence electrons. The number of hydrogen-bond acceptors (Lipinski definition) is 5. The third-order valence-corrected chi connectivity index (χ3v) is 5.00. The maximum absolute atomic E-state index is 11.2. The van der Waals surface area contributed by atoms with Gasteiger partial charge >= 0.3 is 5.97 Å². The summed E-state index contributed by atoms with van der Waals surface area (Å²) in [6, 6.07) is 10.6. The Morgan fingerprint density at radius 2 is 2.17 bits per heavy atom. The molecule has 3 rings (SSSR count). The summed E-state index contributed by atoms with van der Waals surface area (Å²) in [6.45, 7) is 4.67. The molecule has 6 heteroatoms. The van der Waals surface area contributed by atoms with Crippen molar-refractivity contribution in [2.75, 3.05) is 33.2 Å². The smallest absolute Gasteiger partial charge is 0.322 e. The van der Waals surface area contributed by atoms with Crippen LogP contribution >= 0.6 is 0 Å². The van der Waals surface area contributed by atoms with Crippen molar-refractivity contribution >= 4 is 5.97 Å². The van der Waals surface area contributed by atoms with Crippen LogP contribution < -0.4 is 10.9 Å². The standard InChI is InChI=1S/C17H26N4O2/c1-20(11-14-9-18-19-16(14)17(22)23)15-7-8-21(12-15)10-13-5-3-2-4-6-13/h2-6,14-16,18-19H,7-12H2,1H3,(H,22,23)/t14?,15-,16?/m0/s1. The fourth-order valence-electron chi connectivity index (χ4n) is 3.65. The Bertz CT molecular complexity index is 525. The molecule has 0 radical (unpaired) electrons. The van der Waals surface area contributed by atoms with Gasteiger partial charge < -0.3 is 10.0 Å². The van der Waals surface area contributed by atoms with E-state index in [-0.39, 0.29) is 5.92 Å². The number of nitrogens with one attached hydrogen (secondary N) is 2. The molecule has 0 spiro atoms. The number of carboxylic acid groups (broad SMARTS) is 1. The number of rotatable bonds is 6. The number of benzene rings is 1. The minimum absolute atomic E-state index is 0.112. The van der Waals surface area contributed by atoms with Gasteiger partial charge in [0, 0.05) is 44.7 Å². The van der Waals surface area contributed by atoms with E-state index in [4.69, 9.17) is 0 Å². The predicted octanol–water partition coefficient (Wildman–Crippen LogP) is 0.370. The fourth-order valence-corrected chi connectivity index (χ4v) is 3.65. The lowest BCUT2D eigenvalue weighted by Crippen LogP contribution is -2.44. The Morgan fingerprint density at radius 3 is 2.91 bits per heavy atom. The highest BCUT2D eigenvalue weighted by Crippen LogP contribution is 2.19. The second-order valence-electron chi connectivity index (χ2n) is 6.70. The van der Waals surface area contributed by atoms with Crippen LogP contribution in [0.5, 0.6) is 0 Å². The molecule has 1 aromatic rings. The number of nitrogens with zero attached hydrogens (tertiary/aromatic N) is 2. The third kappa shape index (κ3) is 4.09. The quantitative estimate of drug-likeness (QED) is 0.704. The topological polar surface area (TPSA) is 67.8 Å². The van der Waals surface area contributed by atoms with Crippen LogP contribution in [0, 0.1) is 5.92 Å². The van der Waals surface area contributed by atoms with E-state index >= 15 is 0 Å². The van der Waals surface area contributed by atoms with Gasteiger partial charge in [-0.3, -0.25) is 15.1 Å². The first-order valence-electron chi connectivity index (χ1n) is 8.31. The fraction of sp³-hybridized carbons (Fsp3) is 0.588. The third-order valence-electron chi connectivity index (χ3n) is 5.00. The number of likely N-dealkylation sites (tertiary alicyclic amines) is 1. The molecule has 23 heavy (non-hydrogen) atoms. The van der Waals surface area contributed by atoms with Crippen molar-refractivity contribution < 1.29 is 9.90 Å². The minimum atomic E-state index is -0.773. The van der Waals surface area contributed by atoms with Crippen molar-refractivity contribution in [3.8, 4) is 0 Å². The van der Waals surface area contributed by atoms with Crippen LogP contribution in [0.15, 0.2) is 30.3 Å². The molecule has 2 saturated heterocycles. The van der Waals surface area contributed by atoms with Gasteiger partial charge in [-0.2, -0.15) is 0 Å². The molecule has 0 aromatic heterocycles. The zero-order valence-electron chi connectivity index (χ0n) is 13.6. The first-order valence-corrected chi connectivity index (χ1v) is 8.31. The summed E-state index contributed by atoms with van der Waals surface area (Å²) in [5.74, 6) is -0.661. The maximum Gasteiger partial charge on any atom is 0.322 e. The van der Waals surface area contributed by atoms with Gasteiger partial charge in [0.05, 0.1) is 0 Å². The lowest BCUT2D eigenvalue weighted by atomic mass is 10.0. The average molecular weight is 318 g/mol. The largest absolute Gasteiger partial charge is 0.480 e. The van der Waals surface area contributed by atoms with E-state index in [1.807, 2.05) is 6.07 Å². The van der Waals surface area contributed by atoms with Gasteiger partial charge in [0.15, 0.2) is 0 Å². The number of hydrazine groups is 1. The van der Waals surface area contributed by atoms with Crippen LogP contribution in [0.1, 0.15) is 12.0 Å². The Kier molecular flexibility index (Phi) is 5.27. The highest BCUT2D eigenvalue weighted by Gasteiger charge is 2.35. The van der Waals surface area contributed by atoms with E-state index in [1.54, 1.807) is 0 Å². The van der Waals surface area contributed by atoms with Gasteiger partial charge in [-0.15, -0.1) is 0 Å². The average Bonchev–Trinajstić information content (AvgIpc) is 3.17. The lowest BCUT2D eigenvalue weighted by molar-refractivity contribution is -0.140. The van der Waals surface area contributed by atoms with Crippen molar-refractivity contribution in [3.05, 3.63) is 35.9 Å². The molecule has 1 aromatic carbocycles. The monoisotopic (exact) mass is 318 g/mol. The zero-order chi connectivity index (χ0) is 16.2. The molecule has 0 bridgehead atoms. The van der Waals surface area contributed by atoms with Crippen molar-refractivity contribution in [2.45, 2.75) is 25.0 Å². The zero-order valence-corrected chi connectivity index (χ0v) is 13.6. The Balaban J connectivity index is 1.49. The molecule has 2 aliphatic rings. The minimum Gasteiger partial charge on any atom is -0.480 e. The van der Waals surface area contributed by atoms with Gasteiger partial charge in [0.2, 0.25) is 0 Å². The van der Waals surface area contributed by atoms with Crippen LogP contribution in [0.3, 0.4) is 0 Å². The summed E-state index contributed by atoms with van der Waals surface area (Å²) in [6.07, 6.45) is 1.15. The Labute approximate surface area is 137 Å². The van der Waals surface area contributed by atoms with E-state index in [2.05, 4.69) is 52.0 Å². The van der Waals surface area contributed by atoms with Crippen molar-refractivity contribution in [2.24, 2.45) is 5.92 Å². The van der Waals surface area contributed by atoms with Crippen LogP contribution in [0.25, 0.3) is 0 Å². The predicted molar refractivity (Wildman–Crippen MR) is 88.8 cm³/mol. The molecule has 2 fully saturated rings. The summed E-state index contributed by atoms with van der Waals surface area (Å²) in [5, 5.41) is 9.24. The molecule has 2 heterocycles. The summed E-state index contributed by atoms with van der Waals surface area (Å²) in [4.78, 5) is 16.1. The molecule has 0 amide bonds. The lowest BCUT2D eigenvalue weighted by Gasteiger charge is -2.28. The number of likely N-dealkylation sites (N-methyl/N-ethyl adjacent to an activating group) is 1. The van der Waals surface area contributed by atoms with Gasteiger partial charge in [-0.1, -0.05) is 30.3 Å². The highest BCUT2D eigenvalue weighted by atomic mass is 16.4. The number of aliphatic carboxylic acids is 1. The molecule has 0 aliphatic carbocycles. The van der Waals surface area contributed by atoms with Crippen LogP contribution in [-0.4, -0.2) is 66.2 Å². The molecule has 6 nitrogen and oxygen atoms in total. The van der Waals surface area contributed by atoms with E-state index < -0.39 is 12.0 Å². The summed E-state index contributed by atoms with van der Waals surface area (Å²) in [7, 11) is 2.12. The highest BCUT2D eigenvalue weighted by molar-refractivity contribution is 5.74. The van der Waals surface area contributed by atoms with Crippen molar-refractivity contribution in [1.29, 1.82) is 0 Å². The van der Waals surface area contributed by atoms with Crippen LogP contribution in [0.4, 0.5) is 0 Å². The van der Waals surface area contributed by atoms with Gasteiger partial charge in [0.25, 0.3) is 0 Å². The van der Waals surface area contributed by atoms with E-state index in [9.17, 15) is 9.90 Å². The first-order chi connectivity index (χ1) is 11.1. The number of carboxylic acids is 1. The SMILES string of the molecule is CN(CC1CNNC1C(=O)O)[C@H]1CCN(Cc2ccccc2)C1. The molecular formula is C17H26N4O2. The molecule has 2 aliphatic heterocycles.